The summed E-state index contributed by atoms with van der Waals surface area (Å²) in [6, 6.07) is 14.0. The monoisotopic (exact) mass is 431 g/mol. The summed E-state index contributed by atoms with van der Waals surface area (Å²) in [7, 11) is 0. The summed E-state index contributed by atoms with van der Waals surface area (Å²) >= 11 is 0. The van der Waals surface area contributed by atoms with Gasteiger partial charge in [-0.2, -0.15) is 0 Å². The number of hydrogen-bond donors (Lipinski definition) is 3. The Morgan fingerprint density at radius 2 is 1.84 bits per heavy atom. The lowest BCUT2D eigenvalue weighted by Gasteiger charge is -2.28. The molecule has 0 aromatic heterocycles. The molecule has 31 heavy (non-hydrogen) atoms. The van der Waals surface area contributed by atoms with Crippen molar-refractivity contribution in [2.24, 2.45) is 5.73 Å². The third-order valence-corrected chi connectivity index (χ3v) is 5.54. The molecule has 2 aromatic carbocycles. The van der Waals surface area contributed by atoms with Crippen molar-refractivity contribution in [3.05, 3.63) is 71.3 Å². The highest BCUT2D eigenvalue weighted by Gasteiger charge is 2.51. The van der Waals surface area contributed by atoms with Crippen molar-refractivity contribution in [3.8, 4) is 0 Å². The van der Waals surface area contributed by atoms with Crippen LogP contribution in [0.5, 0.6) is 0 Å². The normalized spacial score (nSPS) is 19.6. The number of amides is 2. The SMILES string of the molecule is Cc1ccccc1CNC(=O)C1CC(F)(F)CN1C(=O)C(O)C(N)Cc1ccccc1. The number of nitrogens with one attached hydrogen (secondary N) is 1. The van der Waals surface area contributed by atoms with Crippen molar-refractivity contribution in [1.29, 1.82) is 0 Å². The molecule has 166 valence electrons. The highest BCUT2D eigenvalue weighted by atomic mass is 19.3. The van der Waals surface area contributed by atoms with Gasteiger partial charge in [0, 0.05) is 19.0 Å². The molecular weight excluding hydrogens is 404 g/mol. The first-order valence-corrected chi connectivity index (χ1v) is 10.2. The number of rotatable bonds is 7. The quantitative estimate of drug-likeness (QED) is 0.623. The smallest absolute Gasteiger partial charge is 0.267 e. The summed E-state index contributed by atoms with van der Waals surface area (Å²) in [4.78, 5) is 26.2. The van der Waals surface area contributed by atoms with Crippen LogP contribution in [0.25, 0.3) is 0 Å². The molecule has 4 N–H and O–H groups in total. The van der Waals surface area contributed by atoms with Gasteiger partial charge in [-0.3, -0.25) is 9.59 Å². The molecule has 0 bridgehead atoms. The number of aliphatic hydroxyl groups is 1. The molecule has 0 aliphatic carbocycles. The Balaban J connectivity index is 1.67. The van der Waals surface area contributed by atoms with Crippen LogP contribution >= 0.6 is 0 Å². The molecule has 3 atom stereocenters. The maximum Gasteiger partial charge on any atom is 0.267 e. The topological polar surface area (TPSA) is 95.7 Å². The van der Waals surface area contributed by atoms with Crippen LogP contribution < -0.4 is 11.1 Å². The lowest BCUT2D eigenvalue weighted by Crippen LogP contribution is -2.53. The first-order valence-electron chi connectivity index (χ1n) is 10.2. The second kappa shape index (κ2) is 9.53. The maximum atomic E-state index is 14.1. The molecule has 2 amide bonds. The van der Waals surface area contributed by atoms with E-state index in [1.54, 1.807) is 24.3 Å². The molecule has 1 aliphatic heterocycles. The number of nitrogens with zero attached hydrogens (tertiary/aromatic N) is 1. The van der Waals surface area contributed by atoms with Crippen LogP contribution in [0.3, 0.4) is 0 Å². The van der Waals surface area contributed by atoms with Gasteiger partial charge in [-0.15, -0.1) is 0 Å². The van der Waals surface area contributed by atoms with Gasteiger partial charge in [0.05, 0.1) is 6.54 Å². The van der Waals surface area contributed by atoms with Crippen molar-refractivity contribution < 1.29 is 23.5 Å². The van der Waals surface area contributed by atoms with Crippen LogP contribution in [0.4, 0.5) is 8.78 Å². The van der Waals surface area contributed by atoms with E-state index in [9.17, 15) is 23.5 Å². The Hall–Kier alpha value is -2.84. The third kappa shape index (κ3) is 5.65. The minimum absolute atomic E-state index is 0.158. The zero-order valence-corrected chi connectivity index (χ0v) is 17.3. The molecule has 1 heterocycles. The molecule has 1 aliphatic rings. The predicted octanol–water partition coefficient (Wildman–Crippen LogP) is 1.78. The zero-order valence-electron chi connectivity index (χ0n) is 17.3. The van der Waals surface area contributed by atoms with Gasteiger partial charge in [0.2, 0.25) is 5.91 Å². The Labute approximate surface area is 180 Å². The fourth-order valence-electron chi connectivity index (χ4n) is 3.74. The van der Waals surface area contributed by atoms with Crippen LogP contribution in [0.1, 0.15) is 23.1 Å². The third-order valence-electron chi connectivity index (χ3n) is 5.54. The van der Waals surface area contributed by atoms with Crippen molar-refractivity contribution in [1.82, 2.24) is 10.2 Å². The van der Waals surface area contributed by atoms with Gasteiger partial charge in [0.15, 0.2) is 0 Å². The Morgan fingerprint density at radius 1 is 1.19 bits per heavy atom. The number of halogens is 2. The van der Waals surface area contributed by atoms with E-state index in [0.717, 1.165) is 21.6 Å². The standard InChI is InChI=1S/C23H27F2N3O3/c1-15-7-5-6-10-17(15)13-27-21(30)19-12-23(24,25)14-28(19)22(31)20(29)18(26)11-16-8-3-2-4-9-16/h2-10,18-20,29H,11-14,26H2,1H3,(H,27,30). The number of hydrogen-bond acceptors (Lipinski definition) is 4. The van der Waals surface area contributed by atoms with Crippen molar-refractivity contribution in [2.75, 3.05) is 6.54 Å². The van der Waals surface area contributed by atoms with E-state index in [1.165, 1.54) is 0 Å². The summed E-state index contributed by atoms with van der Waals surface area (Å²) < 4.78 is 28.2. The first kappa shape index (κ1) is 22.8. The minimum Gasteiger partial charge on any atom is -0.382 e. The zero-order chi connectivity index (χ0) is 22.6. The molecule has 1 fully saturated rings. The molecule has 0 saturated carbocycles. The van der Waals surface area contributed by atoms with E-state index >= 15 is 0 Å². The summed E-state index contributed by atoms with van der Waals surface area (Å²) in [5.41, 5.74) is 8.58. The summed E-state index contributed by atoms with van der Waals surface area (Å²) in [6.45, 7) is 1.11. The lowest BCUT2D eigenvalue weighted by molar-refractivity contribution is -0.146. The van der Waals surface area contributed by atoms with Gasteiger partial charge in [-0.25, -0.2) is 8.78 Å². The fraction of sp³-hybridized carbons (Fsp3) is 0.391. The second-order valence-corrected chi connectivity index (χ2v) is 7.98. The second-order valence-electron chi connectivity index (χ2n) is 7.98. The van der Waals surface area contributed by atoms with Crippen LogP contribution in [0.15, 0.2) is 54.6 Å². The molecule has 3 rings (SSSR count). The minimum atomic E-state index is -3.22. The van der Waals surface area contributed by atoms with Crippen LogP contribution in [-0.4, -0.2) is 52.5 Å². The van der Waals surface area contributed by atoms with Crippen molar-refractivity contribution in [2.45, 2.75) is 50.4 Å². The average molecular weight is 431 g/mol. The van der Waals surface area contributed by atoms with E-state index < -0.39 is 48.9 Å². The van der Waals surface area contributed by atoms with E-state index in [1.807, 2.05) is 37.3 Å². The number of aryl methyl sites for hydroxylation is 1. The molecule has 6 nitrogen and oxygen atoms in total. The number of carbonyl (C=O) groups is 2. The van der Waals surface area contributed by atoms with E-state index in [0.29, 0.717) is 0 Å². The molecule has 2 aromatic rings. The first-order chi connectivity index (χ1) is 14.7. The van der Waals surface area contributed by atoms with Gasteiger partial charge >= 0.3 is 0 Å². The summed E-state index contributed by atoms with van der Waals surface area (Å²) in [6.07, 6.45) is -2.29. The molecule has 0 radical (unpaired) electrons. The number of nitrogens with two attached hydrogens (primary N) is 1. The van der Waals surface area contributed by atoms with Crippen LogP contribution in [0.2, 0.25) is 0 Å². The fourth-order valence-corrected chi connectivity index (χ4v) is 3.74. The largest absolute Gasteiger partial charge is 0.382 e. The van der Waals surface area contributed by atoms with E-state index in [-0.39, 0.29) is 13.0 Å². The summed E-state index contributed by atoms with van der Waals surface area (Å²) in [5.74, 6) is -4.86. The van der Waals surface area contributed by atoms with Gasteiger partial charge < -0.3 is 21.1 Å². The summed E-state index contributed by atoms with van der Waals surface area (Å²) in [5, 5.41) is 13.1. The Morgan fingerprint density at radius 3 is 2.52 bits per heavy atom. The van der Waals surface area contributed by atoms with Gasteiger partial charge in [-0.05, 0) is 30.0 Å². The number of benzene rings is 2. The number of carbonyl (C=O) groups excluding carboxylic acids is 2. The van der Waals surface area contributed by atoms with Crippen LogP contribution in [0, 0.1) is 6.92 Å². The predicted molar refractivity (Wildman–Crippen MR) is 112 cm³/mol. The van der Waals surface area contributed by atoms with Crippen LogP contribution in [-0.2, 0) is 22.6 Å². The van der Waals surface area contributed by atoms with Gasteiger partial charge in [0.1, 0.15) is 12.1 Å². The Kier molecular flexibility index (Phi) is 7.02. The molecule has 8 heteroatoms. The number of alkyl halides is 2. The lowest BCUT2D eigenvalue weighted by atomic mass is 10.0. The highest BCUT2D eigenvalue weighted by Crippen LogP contribution is 2.33. The number of aliphatic hydroxyl groups excluding tert-OH is 1. The van der Waals surface area contributed by atoms with Crippen molar-refractivity contribution in [3.63, 3.8) is 0 Å². The highest BCUT2D eigenvalue weighted by molar-refractivity contribution is 5.90. The average Bonchev–Trinajstić information content (AvgIpc) is 3.08. The van der Waals surface area contributed by atoms with Gasteiger partial charge in [0.25, 0.3) is 11.8 Å². The maximum absolute atomic E-state index is 14.1. The van der Waals surface area contributed by atoms with E-state index in [2.05, 4.69) is 5.32 Å². The molecular formula is C23H27F2N3O3. The Bertz CT molecular complexity index is 923. The van der Waals surface area contributed by atoms with Gasteiger partial charge in [-0.1, -0.05) is 54.6 Å². The van der Waals surface area contributed by atoms with E-state index in [4.69, 9.17) is 5.73 Å². The number of likely N-dealkylation sites (tertiary alicyclic amines) is 1. The molecule has 1 saturated heterocycles. The molecule has 3 unspecified atom stereocenters. The van der Waals surface area contributed by atoms with Crippen molar-refractivity contribution >= 4 is 11.8 Å². The molecule has 0 spiro atoms.